The van der Waals surface area contributed by atoms with Gasteiger partial charge in [0.25, 0.3) is 0 Å². The average Bonchev–Trinajstić information content (AvgIpc) is 2.24. The molecule has 0 aromatic heterocycles. The van der Waals surface area contributed by atoms with Gasteiger partial charge in [-0.25, -0.2) is 4.79 Å². The van der Waals surface area contributed by atoms with E-state index < -0.39 is 5.60 Å². The van der Waals surface area contributed by atoms with Crippen LogP contribution in [-0.2, 0) is 9.47 Å². The third-order valence-electron chi connectivity index (χ3n) is 2.73. The van der Waals surface area contributed by atoms with E-state index in [1.165, 1.54) is 0 Å². The molecule has 1 amide bonds. The maximum Gasteiger partial charge on any atom is 0.410 e. The van der Waals surface area contributed by atoms with Crippen molar-refractivity contribution in [2.45, 2.75) is 46.1 Å². The Kier molecular flexibility index (Phi) is 5.25. The van der Waals surface area contributed by atoms with E-state index in [4.69, 9.17) is 9.47 Å². The lowest BCUT2D eigenvalue weighted by Crippen LogP contribution is -2.43. The fourth-order valence-electron chi connectivity index (χ4n) is 1.98. The third-order valence-corrected chi connectivity index (χ3v) is 2.73. The van der Waals surface area contributed by atoms with Crippen molar-refractivity contribution in [2.75, 3.05) is 26.3 Å². The Labute approximate surface area is 104 Å². The van der Waals surface area contributed by atoms with E-state index >= 15 is 0 Å². The van der Waals surface area contributed by atoms with Crippen molar-refractivity contribution in [3.05, 3.63) is 0 Å². The van der Waals surface area contributed by atoms with Gasteiger partial charge in [-0.15, -0.1) is 0 Å². The summed E-state index contributed by atoms with van der Waals surface area (Å²) in [5.41, 5.74) is -0.413. The van der Waals surface area contributed by atoms with Gasteiger partial charge in [-0.05, 0) is 40.5 Å². The third kappa shape index (κ3) is 5.39. The maximum atomic E-state index is 11.9. The molecule has 0 saturated carbocycles. The minimum absolute atomic E-state index is 0.196. The van der Waals surface area contributed by atoms with Gasteiger partial charge in [0.1, 0.15) is 5.60 Å². The standard InChI is InChI=1S/C13H25NO3/c1-5-16-10-11-7-6-8-14(9-11)12(15)17-13(2,3)4/h11H,5-10H2,1-4H3/t11-/m1/s1. The van der Waals surface area contributed by atoms with Crippen molar-refractivity contribution in [1.29, 1.82) is 0 Å². The molecular formula is C13H25NO3. The molecule has 1 heterocycles. The highest BCUT2D eigenvalue weighted by molar-refractivity contribution is 5.68. The van der Waals surface area contributed by atoms with Gasteiger partial charge < -0.3 is 14.4 Å². The first-order chi connectivity index (χ1) is 7.92. The molecule has 1 fully saturated rings. The Balaban J connectivity index is 2.40. The second kappa shape index (κ2) is 6.24. The monoisotopic (exact) mass is 243 g/mol. The molecule has 4 nitrogen and oxygen atoms in total. The second-order valence-electron chi connectivity index (χ2n) is 5.59. The lowest BCUT2D eigenvalue weighted by molar-refractivity contribution is 0.00843. The number of carbonyl (C=O) groups is 1. The van der Waals surface area contributed by atoms with Crippen LogP contribution in [0.1, 0.15) is 40.5 Å². The highest BCUT2D eigenvalue weighted by Gasteiger charge is 2.27. The van der Waals surface area contributed by atoms with E-state index in [0.29, 0.717) is 5.92 Å². The molecule has 0 aromatic rings. The fourth-order valence-corrected chi connectivity index (χ4v) is 1.98. The summed E-state index contributed by atoms with van der Waals surface area (Å²) in [7, 11) is 0. The first kappa shape index (κ1) is 14.3. The predicted molar refractivity (Wildman–Crippen MR) is 67.0 cm³/mol. The predicted octanol–water partition coefficient (Wildman–Crippen LogP) is 2.67. The number of amides is 1. The molecule has 1 rings (SSSR count). The maximum absolute atomic E-state index is 11.9. The zero-order valence-electron chi connectivity index (χ0n) is 11.5. The minimum atomic E-state index is -0.413. The number of nitrogens with zero attached hydrogens (tertiary/aromatic N) is 1. The quantitative estimate of drug-likeness (QED) is 0.765. The Morgan fingerprint density at radius 2 is 2.12 bits per heavy atom. The van der Waals surface area contributed by atoms with Crippen LogP contribution in [0, 0.1) is 5.92 Å². The zero-order valence-corrected chi connectivity index (χ0v) is 11.5. The number of piperidine rings is 1. The molecule has 0 N–H and O–H groups in total. The molecular weight excluding hydrogens is 218 g/mol. The van der Waals surface area contributed by atoms with Gasteiger partial charge in [0.15, 0.2) is 0 Å². The summed E-state index contributed by atoms with van der Waals surface area (Å²) in [6, 6.07) is 0. The highest BCUT2D eigenvalue weighted by atomic mass is 16.6. The topological polar surface area (TPSA) is 38.8 Å². The average molecular weight is 243 g/mol. The Morgan fingerprint density at radius 3 is 2.71 bits per heavy atom. The number of ether oxygens (including phenoxy) is 2. The molecule has 0 radical (unpaired) electrons. The van der Waals surface area contributed by atoms with Crippen molar-refractivity contribution >= 4 is 6.09 Å². The molecule has 4 heteroatoms. The molecule has 1 aliphatic rings. The van der Waals surface area contributed by atoms with Crippen LogP contribution in [0.15, 0.2) is 0 Å². The SMILES string of the molecule is CCOC[C@@H]1CCCN(C(=O)OC(C)(C)C)C1. The molecule has 0 aliphatic carbocycles. The summed E-state index contributed by atoms with van der Waals surface area (Å²) in [4.78, 5) is 13.7. The number of hydrogen-bond acceptors (Lipinski definition) is 3. The number of hydrogen-bond donors (Lipinski definition) is 0. The number of carbonyl (C=O) groups excluding carboxylic acids is 1. The largest absolute Gasteiger partial charge is 0.444 e. The Morgan fingerprint density at radius 1 is 1.41 bits per heavy atom. The summed E-state index contributed by atoms with van der Waals surface area (Å²) in [5.74, 6) is 0.455. The van der Waals surface area contributed by atoms with Crippen LogP contribution in [0.5, 0.6) is 0 Å². The van der Waals surface area contributed by atoms with Gasteiger partial charge in [0, 0.05) is 25.6 Å². The lowest BCUT2D eigenvalue weighted by Gasteiger charge is -2.33. The molecule has 0 spiro atoms. The second-order valence-corrected chi connectivity index (χ2v) is 5.59. The minimum Gasteiger partial charge on any atom is -0.444 e. The molecule has 100 valence electrons. The van der Waals surface area contributed by atoms with E-state index in [0.717, 1.165) is 39.1 Å². The summed E-state index contributed by atoms with van der Waals surface area (Å²) < 4.78 is 10.8. The number of likely N-dealkylation sites (tertiary alicyclic amines) is 1. The van der Waals surface area contributed by atoms with Crippen molar-refractivity contribution in [2.24, 2.45) is 5.92 Å². The first-order valence-electron chi connectivity index (χ1n) is 6.48. The van der Waals surface area contributed by atoms with Gasteiger partial charge in [-0.1, -0.05) is 0 Å². The van der Waals surface area contributed by atoms with Gasteiger partial charge in [0.2, 0.25) is 0 Å². The Bertz CT molecular complexity index is 248. The van der Waals surface area contributed by atoms with E-state index in [-0.39, 0.29) is 6.09 Å². The van der Waals surface area contributed by atoms with Crippen LogP contribution in [-0.4, -0.2) is 42.9 Å². The summed E-state index contributed by atoms with van der Waals surface area (Å²) in [5, 5.41) is 0. The summed E-state index contributed by atoms with van der Waals surface area (Å²) >= 11 is 0. The van der Waals surface area contributed by atoms with E-state index in [2.05, 4.69) is 0 Å². The first-order valence-corrected chi connectivity index (χ1v) is 6.48. The summed E-state index contributed by atoms with van der Waals surface area (Å²) in [6.07, 6.45) is 1.98. The normalized spacial score (nSPS) is 21.4. The van der Waals surface area contributed by atoms with Crippen LogP contribution >= 0.6 is 0 Å². The van der Waals surface area contributed by atoms with Gasteiger partial charge in [-0.3, -0.25) is 0 Å². The molecule has 0 unspecified atom stereocenters. The van der Waals surface area contributed by atoms with Crippen LogP contribution in [0.4, 0.5) is 4.79 Å². The summed E-state index contributed by atoms with van der Waals surface area (Å²) in [6.45, 7) is 10.7. The molecule has 1 aliphatic heterocycles. The Hall–Kier alpha value is -0.770. The highest BCUT2D eigenvalue weighted by Crippen LogP contribution is 2.19. The molecule has 1 atom stereocenters. The van der Waals surface area contributed by atoms with Gasteiger partial charge in [0.05, 0.1) is 6.61 Å². The van der Waals surface area contributed by atoms with Crippen molar-refractivity contribution in [3.8, 4) is 0 Å². The van der Waals surface area contributed by atoms with Crippen molar-refractivity contribution in [3.63, 3.8) is 0 Å². The van der Waals surface area contributed by atoms with Crippen LogP contribution in [0.25, 0.3) is 0 Å². The van der Waals surface area contributed by atoms with Crippen LogP contribution in [0.2, 0.25) is 0 Å². The molecule has 0 aromatic carbocycles. The lowest BCUT2D eigenvalue weighted by atomic mass is 9.99. The van der Waals surface area contributed by atoms with Crippen molar-refractivity contribution < 1.29 is 14.3 Å². The van der Waals surface area contributed by atoms with Gasteiger partial charge >= 0.3 is 6.09 Å². The molecule has 17 heavy (non-hydrogen) atoms. The van der Waals surface area contributed by atoms with Crippen LogP contribution < -0.4 is 0 Å². The van der Waals surface area contributed by atoms with Crippen molar-refractivity contribution in [1.82, 2.24) is 4.90 Å². The molecule has 1 saturated heterocycles. The van der Waals surface area contributed by atoms with Gasteiger partial charge in [-0.2, -0.15) is 0 Å². The fraction of sp³-hybridized carbons (Fsp3) is 0.923. The van der Waals surface area contributed by atoms with E-state index in [1.807, 2.05) is 27.7 Å². The zero-order chi connectivity index (χ0) is 12.9. The van der Waals surface area contributed by atoms with E-state index in [1.54, 1.807) is 4.90 Å². The van der Waals surface area contributed by atoms with E-state index in [9.17, 15) is 4.79 Å². The molecule has 0 bridgehead atoms. The number of rotatable bonds is 3. The smallest absolute Gasteiger partial charge is 0.410 e. The van der Waals surface area contributed by atoms with Crippen LogP contribution in [0.3, 0.4) is 0 Å².